The molecule has 0 aliphatic carbocycles. The number of benzene rings is 10. The topological polar surface area (TPSA) is 13.1 Å². The van der Waals surface area contributed by atoms with E-state index in [1.54, 1.807) is 0 Å². The first-order chi connectivity index (χ1) is 30.7. The second-order valence-corrected chi connectivity index (χ2v) is 16.0. The van der Waals surface area contributed by atoms with Crippen molar-refractivity contribution in [1.29, 1.82) is 0 Å². The molecule has 0 unspecified atom stereocenters. The summed E-state index contributed by atoms with van der Waals surface area (Å²) in [4.78, 5) is 0. The van der Waals surface area contributed by atoms with Crippen molar-refractivity contribution in [2.24, 2.45) is 0 Å². The fraction of sp³-hybridized carbons (Fsp3) is 0.0164. The van der Waals surface area contributed by atoms with Crippen LogP contribution in [-0.4, -0.2) is 0 Å². The molecule has 0 bridgehead atoms. The molecule has 11 rings (SSSR count). The summed E-state index contributed by atoms with van der Waals surface area (Å²) in [6.45, 7) is 0. The minimum absolute atomic E-state index is 0.0384. The van der Waals surface area contributed by atoms with Crippen molar-refractivity contribution in [1.82, 2.24) is 0 Å². The van der Waals surface area contributed by atoms with Gasteiger partial charge in [-0.25, -0.2) is 0 Å². The Hall–Kier alpha value is -8.00. The zero-order valence-electron chi connectivity index (χ0n) is 34.2. The van der Waals surface area contributed by atoms with Gasteiger partial charge in [0.2, 0.25) is 0 Å². The molecule has 0 spiro atoms. The van der Waals surface area contributed by atoms with Crippen molar-refractivity contribution in [3.8, 4) is 66.8 Å². The first-order valence-corrected chi connectivity index (χ1v) is 21.4. The average molecular weight is 791 g/mol. The first-order valence-electron chi connectivity index (χ1n) is 21.4. The molecule has 10 aromatic carbocycles. The highest BCUT2D eigenvalue weighted by atomic mass is 16.3. The maximum absolute atomic E-state index is 6.20. The Bertz CT molecular complexity index is 3160. The lowest BCUT2D eigenvalue weighted by atomic mass is 9.83. The van der Waals surface area contributed by atoms with Crippen molar-refractivity contribution < 1.29 is 4.42 Å². The van der Waals surface area contributed by atoms with Gasteiger partial charge < -0.3 is 4.42 Å². The molecule has 1 heteroatoms. The molecule has 1 nitrogen and oxygen atoms in total. The molecule has 62 heavy (non-hydrogen) atoms. The highest BCUT2D eigenvalue weighted by Gasteiger charge is 2.19. The summed E-state index contributed by atoms with van der Waals surface area (Å²) in [5.74, 6) is 0.0384. The van der Waals surface area contributed by atoms with Crippen LogP contribution in [0.4, 0.5) is 0 Å². The monoisotopic (exact) mass is 790 g/mol. The minimum Gasteiger partial charge on any atom is -0.456 e. The van der Waals surface area contributed by atoms with E-state index < -0.39 is 0 Å². The van der Waals surface area contributed by atoms with Crippen LogP contribution in [0.3, 0.4) is 0 Å². The van der Waals surface area contributed by atoms with Crippen LogP contribution in [-0.2, 0) is 0 Å². The summed E-state index contributed by atoms with van der Waals surface area (Å²) in [7, 11) is 0. The first kappa shape index (κ1) is 37.0. The maximum Gasteiger partial charge on any atom is 0.136 e. The van der Waals surface area contributed by atoms with Crippen molar-refractivity contribution >= 4 is 21.9 Å². The van der Waals surface area contributed by atoms with Crippen LogP contribution in [0, 0.1) is 0 Å². The van der Waals surface area contributed by atoms with Crippen LogP contribution >= 0.6 is 0 Å². The number of rotatable bonds is 9. The van der Waals surface area contributed by atoms with Crippen molar-refractivity contribution in [3.63, 3.8) is 0 Å². The van der Waals surface area contributed by atoms with E-state index in [2.05, 4.69) is 237 Å². The van der Waals surface area contributed by atoms with Crippen LogP contribution in [0.2, 0.25) is 0 Å². The quantitative estimate of drug-likeness (QED) is 0.133. The predicted molar refractivity (Wildman–Crippen MR) is 260 cm³/mol. The van der Waals surface area contributed by atoms with E-state index in [0.29, 0.717) is 0 Å². The smallest absolute Gasteiger partial charge is 0.136 e. The number of hydrogen-bond donors (Lipinski definition) is 0. The Labute approximate surface area is 362 Å². The Balaban J connectivity index is 0.927. The third-order valence-corrected chi connectivity index (χ3v) is 12.3. The highest BCUT2D eigenvalue weighted by Crippen LogP contribution is 2.39. The summed E-state index contributed by atoms with van der Waals surface area (Å²) in [6.07, 6.45) is 0. The Morgan fingerprint density at radius 2 is 0.548 bits per heavy atom. The molecule has 0 amide bonds. The molecule has 0 N–H and O–H groups in total. The normalized spacial score (nSPS) is 11.4. The Morgan fingerprint density at radius 1 is 0.226 bits per heavy atom. The largest absolute Gasteiger partial charge is 0.456 e. The van der Waals surface area contributed by atoms with Crippen molar-refractivity contribution in [3.05, 3.63) is 265 Å². The van der Waals surface area contributed by atoms with Crippen LogP contribution in [0.5, 0.6) is 0 Å². The summed E-state index contributed by atoms with van der Waals surface area (Å²) >= 11 is 0. The molecule has 292 valence electrons. The second kappa shape index (κ2) is 16.2. The SMILES string of the molecule is c1ccc(-c2ccccc2-c2ccc(C(c3ccc(-c4ccc(-c5ccc6c(c5)oc5ccccc56)cc4)cc3)c3ccc(-c4ccccc4-c4ccccc4)cc3)cc2)cc1. The van der Waals surface area contributed by atoms with E-state index >= 15 is 0 Å². The van der Waals surface area contributed by atoms with Gasteiger partial charge in [0.1, 0.15) is 11.2 Å². The summed E-state index contributed by atoms with van der Waals surface area (Å²) in [5.41, 5.74) is 20.0. The van der Waals surface area contributed by atoms with Gasteiger partial charge in [-0.15, -0.1) is 0 Å². The zero-order valence-corrected chi connectivity index (χ0v) is 34.2. The van der Waals surface area contributed by atoms with E-state index in [4.69, 9.17) is 4.42 Å². The number of fused-ring (bicyclic) bond motifs is 3. The van der Waals surface area contributed by atoms with Gasteiger partial charge in [-0.2, -0.15) is 0 Å². The molecule has 0 atom stereocenters. The molecule has 11 aromatic rings. The van der Waals surface area contributed by atoms with Gasteiger partial charge in [-0.3, -0.25) is 0 Å². The summed E-state index contributed by atoms with van der Waals surface area (Å²) < 4.78 is 6.20. The fourth-order valence-electron chi connectivity index (χ4n) is 9.12. The molecule has 0 saturated heterocycles. The van der Waals surface area contributed by atoms with Gasteiger partial charge in [0.25, 0.3) is 0 Å². The van der Waals surface area contributed by atoms with Crippen LogP contribution in [0.25, 0.3) is 88.7 Å². The van der Waals surface area contributed by atoms with Crippen molar-refractivity contribution in [2.45, 2.75) is 5.92 Å². The molecule has 0 fully saturated rings. The van der Waals surface area contributed by atoms with Gasteiger partial charge in [-0.05, 0) is 102 Å². The molecular weight excluding hydrogens is 749 g/mol. The lowest BCUT2D eigenvalue weighted by Crippen LogP contribution is -2.04. The van der Waals surface area contributed by atoms with E-state index in [0.717, 1.165) is 33.1 Å². The van der Waals surface area contributed by atoms with E-state index in [9.17, 15) is 0 Å². The molecule has 0 aliphatic rings. The van der Waals surface area contributed by atoms with Gasteiger partial charge >= 0.3 is 0 Å². The van der Waals surface area contributed by atoms with Gasteiger partial charge in [0.15, 0.2) is 0 Å². The van der Waals surface area contributed by atoms with Crippen LogP contribution in [0.15, 0.2) is 253 Å². The molecule has 1 aromatic heterocycles. The van der Waals surface area contributed by atoms with Gasteiger partial charge in [0, 0.05) is 16.7 Å². The molecule has 0 saturated carbocycles. The standard InChI is InChI=1S/C61H42O/c1-3-13-45(14-4-1)53-17-7-9-19-55(53)47-29-35-50(36-30-47)61(51-37-31-48(32-38-51)56-20-10-8-18-54(56)46-15-5-2-6-16-46)49-33-27-43(28-34-49)42-23-25-44(26-24-42)52-39-40-58-57-21-11-12-22-59(57)62-60(58)41-52/h1-41,61H. The average Bonchev–Trinajstić information content (AvgIpc) is 3.73. The zero-order chi connectivity index (χ0) is 41.2. The number of furan rings is 1. The van der Waals surface area contributed by atoms with Crippen LogP contribution < -0.4 is 0 Å². The van der Waals surface area contributed by atoms with Crippen LogP contribution in [0.1, 0.15) is 22.6 Å². The minimum atomic E-state index is 0.0384. The Kier molecular flexibility index (Phi) is 9.69. The molecule has 0 aliphatic heterocycles. The van der Waals surface area contributed by atoms with E-state index in [1.807, 2.05) is 12.1 Å². The molecule has 0 radical (unpaired) electrons. The second-order valence-electron chi connectivity index (χ2n) is 16.0. The van der Waals surface area contributed by atoms with Crippen molar-refractivity contribution in [2.75, 3.05) is 0 Å². The number of hydrogen-bond acceptors (Lipinski definition) is 1. The third kappa shape index (κ3) is 7.10. The van der Waals surface area contributed by atoms with E-state index in [-0.39, 0.29) is 5.92 Å². The fourth-order valence-corrected chi connectivity index (χ4v) is 9.12. The van der Waals surface area contributed by atoms with Gasteiger partial charge in [-0.1, -0.05) is 231 Å². The maximum atomic E-state index is 6.20. The van der Waals surface area contributed by atoms with E-state index in [1.165, 1.54) is 72.3 Å². The Morgan fingerprint density at radius 3 is 1.02 bits per heavy atom. The summed E-state index contributed by atoms with van der Waals surface area (Å²) in [5, 5.41) is 2.30. The highest BCUT2D eigenvalue weighted by molar-refractivity contribution is 6.05. The van der Waals surface area contributed by atoms with Gasteiger partial charge in [0.05, 0.1) is 0 Å². The third-order valence-electron chi connectivity index (χ3n) is 12.3. The lowest BCUT2D eigenvalue weighted by Gasteiger charge is -2.21. The summed E-state index contributed by atoms with van der Waals surface area (Å²) in [6, 6.07) is 89.9. The molecular formula is C61H42O. The molecule has 1 heterocycles. The number of para-hydroxylation sites is 1. The lowest BCUT2D eigenvalue weighted by molar-refractivity contribution is 0.669. The predicted octanol–water partition coefficient (Wildman–Crippen LogP) is 16.8.